The summed E-state index contributed by atoms with van der Waals surface area (Å²) in [5, 5.41) is 2.04. The molecule has 5 nitrogen and oxygen atoms in total. The second kappa shape index (κ2) is 10.6. The fourth-order valence-electron chi connectivity index (χ4n) is 3.70. The third-order valence-electron chi connectivity index (χ3n) is 5.32. The standard InChI is InChI=1S/C24H26FNO4S2/c25-20-6-2-10-24(16-20)32(27,28)26(18-22-8-3-12-29-22)17-19-5-1-7-21(15-19)30-13-11-23-9-4-14-31-23/h1-2,4-7,9-10,14-16,22H,3,8,11-13,17-18H2/t22-/m0/s1. The molecule has 0 spiro atoms. The smallest absolute Gasteiger partial charge is 0.243 e. The predicted octanol–water partition coefficient (Wildman–Crippen LogP) is 4.88. The maximum atomic E-state index is 13.7. The van der Waals surface area contributed by atoms with Gasteiger partial charge in [-0.2, -0.15) is 4.31 Å². The van der Waals surface area contributed by atoms with E-state index in [1.807, 2.05) is 35.7 Å². The molecule has 2 heterocycles. The Morgan fingerprint density at radius 1 is 1.12 bits per heavy atom. The van der Waals surface area contributed by atoms with Gasteiger partial charge in [0.05, 0.1) is 17.6 Å². The minimum atomic E-state index is -3.89. The van der Waals surface area contributed by atoms with E-state index in [4.69, 9.17) is 9.47 Å². The number of rotatable bonds is 10. The molecular formula is C24H26FNO4S2. The van der Waals surface area contributed by atoms with Crippen LogP contribution in [-0.4, -0.2) is 38.6 Å². The van der Waals surface area contributed by atoms with Crippen molar-refractivity contribution >= 4 is 21.4 Å². The summed E-state index contributed by atoms with van der Waals surface area (Å²) in [5.41, 5.74) is 0.802. The van der Waals surface area contributed by atoms with Crippen molar-refractivity contribution in [2.45, 2.75) is 36.8 Å². The normalized spacial score (nSPS) is 16.5. The highest BCUT2D eigenvalue weighted by atomic mass is 32.2. The van der Waals surface area contributed by atoms with Gasteiger partial charge in [0, 0.05) is 31.0 Å². The van der Waals surface area contributed by atoms with Crippen molar-refractivity contribution in [3.8, 4) is 5.75 Å². The molecule has 1 aliphatic heterocycles. The molecule has 170 valence electrons. The van der Waals surface area contributed by atoms with Crippen LogP contribution in [0.5, 0.6) is 5.75 Å². The number of thiophene rings is 1. The molecule has 3 aromatic rings. The van der Waals surface area contributed by atoms with E-state index in [0.717, 1.165) is 30.9 Å². The molecule has 0 amide bonds. The fraction of sp³-hybridized carbons (Fsp3) is 0.333. The summed E-state index contributed by atoms with van der Waals surface area (Å²) in [6, 6.07) is 16.7. The lowest BCUT2D eigenvalue weighted by molar-refractivity contribution is 0.0926. The minimum Gasteiger partial charge on any atom is -0.493 e. The fourth-order valence-corrected chi connectivity index (χ4v) is 5.88. The van der Waals surface area contributed by atoms with Crippen molar-refractivity contribution in [2.75, 3.05) is 19.8 Å². The quantitative estimate of drug-likeness (QED) is 0.419. The molecule has 32 heavy (non-hydrogen) atoms. The number of nitrogens with zero attached hydrogens (tertiary/aromatic N) is 1. The van der Waals surface area contributed by atoms with E-state index >= 15 is 0 Å². The van der Waals surface area contributed by atoms with Crippen LogP contribution in [0.2, 0.25) is 0 Å². The van der Waals surface area contributed by atoms with Crippen LogP contribution in [0.15, 0.2) is 70.9 Å². The van der Waals surface area contributed by atoms with Crippen molar-refractivity contribution < 1.29 is 22.3 Å². The topological polar surface area (TPSA) is 55.8 Å². The molecule has 1 fully saturated rings. The number of ether oxygens (including phenoxy) is 2. The molecule has 2 aromatic carbocycles. The largest absolute Gasteiger partial charge is 0.493 e. The van der Waals surface area contributed by atoms with Crippen molar-refractivity contribution in [1.82, 2.24) is 4.31 Å². The van der Waals surface area contributed by atoms with Gasteiger partial charge in [-0.05, 0) is 60.2 Å². The molecule has 0 saturated carbocycles. The zero-order chi connectivity index (χ0) is 22.4. The van der Waals surface area contributed by atoms with E-state index in [1.165, 1.54) is 27.4 Å². The highest BCUT2D eigenvalue weighted by Crippen LogP contribution is 2.24. The van der Waals surface area contributed by atoms with Gasteiger partial charge in [0.25, 0.3) is 0 Å². The molecule has 8 heteroatoms. The Labute approximate surface area is 192 Å². The number of hydrogen-bond donors (Lipinski definition) is 0. The van der Waals surface area contributed by atoms with Crippen LogP contribution in [0.4, 0.5) is 4.39 Å². The second-order valence-electron chi connectivity index (χ2n) is 7.72. The van der Waals surface area contributed by atoms with Crippen LogP contribution in [0.25, 0.3) is 0 Å². The van der Waals surface area contributed by atoms with Crippen LogP contribution in [-0.2, 0) is 27.7 Å². The first-order valence-corrected chi connectivity index (χ1v) is 12.9. The SMILES string of the molecule is O=S(=O)(c1cccc(F)c1)N(Cc1cccc(OCCc2cccs2)c1)C[C@@H]1CCCO1. The van der Waals surface area contributed by atoms with Gasteiger partial charge >= 0.3 is 0 Å². The molecule has 4 rings (SSSR count). The van der Waals surface area contributed by atoms with Gasteiger partial charge < -0.3 is 9.47 Å². The van der Waals surface area contributed by atoms with E-state index in [0.29, 0.717) is 19.0 Å². The maximum Gasteiger partial charge on any atom is 0.243 e. The summed E-state index contributed by atoms with van der Waals surface area (Å²) in [7, 11) is -3.89. The predicted molar refractivity (Wildman–Crippen MR) is 123 cm³/mol. The summed E-state index contributed by atoms with van der Waals surface area (Å²) in [6.45, 7) is 1.56. The van der Waals surface area contributed by atoms with Gasteiger partial charge in [-0.25, -0.2) is 12.8 Å². The molecule has 1 aromatic heterocycles. The Balaban J connectivity index is 1.50. The first kappa shape index (κ1) is 22.9. The zero-order valence-corrected chi connectivity index (χ0v) is 19.3. The van der Waals surface area contributed by atoms with Crippen molar-refractivity contribution in [2.24, 2.45) is 0 Å². The van der Waals surface area contributed by atoms with E-state index in [1.54, 1.807) is 11.3 Å². The van der Waals surface area contributed by atoms with Crippen LogP contribution in [0.3, 0.4) is 0 Å². The monoisotopic (exact) mass is 475 g/mol. The van der Waals surface area contributed by atoms with Crippen LogP contribution < -0.4 is 4.74 Å². The van der Waals surface area contributed by atoms with Crippen LogP contribution in [0, 0.1) is 5.82 Å². The van der Waals surface area contributed by atoms with E-state index < -0.39 is 15.8 Å². The molecule has 0 unspecified atom stereocenters. The van der Waals surface area contributed by atoms with Gasteiger partial charge in [0.2, 0.25) is 10.0 Å². The zero-order valence-electron chi connectivity index (χ0n) is 17.7. The summed E-state index contributed by atoms with van der Waals surface area (Å²) in [4.78, 5) is 1.20. The van der Waals surface area contributed by atoms with Gasteiger partial charge in [0.1, 0.15) is 11.6 Å². The number of sulfonamides is 1. The van der Waals surface area contributed by atoms with Gasteiger partial charge in [-0.3, -0.25) is 0 Å². The van der Waals surface area contributed by atoms with E-state index in [2.05, 4.69) is 6.07 Å². The van der Waals surface area contributed by atoms with Crippen LogP contribution in [0.1, 0.15) is 23.3 Å². The number of halogens is 1. The van der Waals surface area contributed by atoms with E-state index in [9.17, 15) is 12.8 Å². The Bertz CT molecular complexity index is 1110. The lowest BCUT2D eigenvalue weighted by Crippen LogP contribution is -2.37. The molecule has 1 aliphatic rings. The molecule has 0 N–H and O–H groups in total. The third kappa shape index (κ3) is 5.95. The Hall–Kier alpha value is -2.26. The summed E-state index contributed by atoms with van der Waals surface area (Å²) in [6.07, 6.45) is 2.37. The van der Waals surface area contributed by atoms with E-state index in [-0.39, 0.29) is 24.1 Å². The second-order valence-corrected chi connectivity index (χ2v) is 10.7. The van der Waals surface area contributed by atoms with Gasteiger partial charge in [-0.1, -0.05) is 24.3 Å². The first-order valence-electron chi connectivity index (χ1n) is 10.6. The lowest BCUT2D eigenvalue weighted by Gasteiger charge is -2.25. The summed E-state index contributed by atoms with van der Waals surface area (Å²) in [5.74, 6) is 0.114. The average molecular weight is 476 g/mol. The van der Waals surface area contributed by atoms with Crippen LogP contribution >= 0.6 is 11.3 Å². The average Bonchev–Trinajstić information content (AvgIpc) is 3.48. The number of benzene rings is 2. The highest BCUT2D eigenvalue weighted by Gasteiger charge is 2.29. The Morgan fingerprint density at radius 2 is 2.00 bits per heavy atom. The Kier molecular flexibility index (Phi) is 7.57. The molecule has 1 saturated heterocycles. The lowest BCUT2D eigenvalue weighted by atomic mass is 10.2. The first-order chi connectivity index (χ1) is 15.5. The van der Waals surface area contributed by atoms with Gasteiger partial charge in [-0.15, -0.1) is 11.3 Å². The summed E-state index contributed by atoms with van der Waals surface area (Å²) < 4.78 is 53.4. The molecule has 1 atom stereocenters. The minimum absolute atomic E-state index is 0.0566. The molecule has 0 radical (unpaired) electrons. The van der Waals surface area contributed by atoms with Crippen molar-refractivity contribution in [1.29, 1.82) is 0 Å². The third-order valence-corrected chi connectivity index (χ3v) is 8.06. The van der Waals surface area contributed by atoms with Gasteiger partial charge in [0.15, 0.2) is 0 Å². The molecule has 0 bridgehead atoms. The molecular weight excluding hydrogens is 449 g/mol. The number of hydrogen-bond acceptors (Lipinski definition) is 5. The summed E-state index contributed by atoms with van der Waals surface area (Å²) >= 11 is 1.69. The Morgan fingerprint density at radius 3 is 2.75 bits per heavy atom. The highest BCUT2D eigenvalue weighted by molar-refractivity contribution is 7.89. The van der Waals surface area contributed by atoms with Crippen molar-refractivity contribution in [3.05, 3.63) is 82.3 Å². The molecule has 0 aliphatic carbocycles. The van der Waals surface area contributed by atoms with Crippen molar-refractivity contribution in [3.63, 3.8) is 0 Å². The maximum absolute atomic E-state index is 13.7.